The normalized spacial score (nSPS) is 15.3. The van der Waals surface area contributed by atoms with Crippen LogP contribution in [0, 0.1) is 0 Å². The summed E-state index contributed by atoms with van der Waals surface area (Å²) in [5.41, 5.74) is 2.35. The highest BCUT2D eigenvalue weighted by atomic mass is 16.4. The lowest BCUT2D eigenvalue weighted by Crippen LogP contribution is -2.19. The summed E-state index contributed by atoms with van der Waals surface area (Å²) in [6.45, 7) is 2.26. The maximum atomic E-state index is 10.6. The Bertz CT molecular complexity index is 426. The quantitative estimate of drug-likeness (QED) is 0.743. The average Bonchev–Trinajstić information content (AvgIpc) is 2.62. The molecule has 2 rings (SSSR count). The van der Waals surface area contributed by atoms with E-state index in [1.165, 1.54) is 12.5 Å². The van der Waals surface area contributed by atoms with Crippen LogP contribution in [0.5, 0.6) is 0 Å². The smallest absolute Gasteiger partial charge is 0.351 e. The number of hydrogen-bond donors (Lipinski definition) is 1. The first kappa shape index (κ1) is 9.71. The summed E-state index contributed by atoms with van der Waals surface area (Å²) < 4.78 is 0. The summed E-state index contributed by atoms with van der Waals surface area (Å²) in [4.78, 5) is 10.6. The van der Waals surface area contributed by atoms with Crippen LogP contribution >= 0.6 is 0 Å². The van der Waals surface area contributed by atoms with Crippen LogP contribution in [0.25, 0.3) is 0 Å². The molecule has 1 heterocycles. The highest BCUT2D eigenvalue weighted by Gasteiger charge is 2.18. The minimum absolute atomic E-state index is 0.117. The van der Waals surface area contributed by atoms with Crippen LogP contribution in [0.3, 0.4) is 0 Å². The van der Waals surface area contributed by atoms with E-state index in [4.69, 9.17) is 5.11 Å². The lowest BCUT2D eigenvalue weighted by Gasteiger charge is -2.12. The van der Waals surface area contributed by atoms with Gasteiger partial charge in [0.05, 0.1) is 5.69 Å². The minimum atomic E-state index is -0.973. The fraction of sp³-hybridized carbons (Fsp3) is 0.273. The second kappa shape index (κ2) is 3.73. The van der Waals surface area contributed by atoms with E-state index in [1.807, 2.05) is 24.3 Å². The number of hydrogen-bond acceptors (Lipinski definition) is 3. The molecule has 4 nitrogen and oxygen atoms in total. The lowest BCUT2D eigenvalue weighted by molar-refractivity contribution is -0.129. The summed E-state index contributed by atoms with van der Waals surface area (Å²) in [5, 5.41) is 14.5. The molecule has 15 heavy (non-hydrogen) atoms. The molecule has 0 saturated carbocycles. The van der Waals surface area contributed by atoms with Crippen molar-refractivity contribution in [1.82, 2.24) is 0 Å². The van der Waals surface area contributed by atoms with E-state index in [1.54, 1.807) is 5.01 Å². The molecule has 0 amide bonds. The van der Waals surface area contributed by atoms with Gasteiger partial charge in [-0.05, 0) is 25.0 Å². The van der Waals surface area contributed by atoms with Gasteiger partial charge in [0.2, 0.25) is 0 Å². The third-order valence-corrected chi connectivity index (χ3v) is 2.44. The first-order valence-corrected chi connectivity index (χ1v) is 4.82. The van der Waals surface area contributed by atoms with E-state index in [9.17, 15) is 4.79 Å². The highest BCUT2D eigenvalue weighted by Crippen LogP contribution is 2.27. The Hall–Kier alpha value is -1.84. The van der Waals surface area contributed by atoms with Crippen LogP contribution in [-0.2, 0) is 11.2 Å². The first-order chi connectivity index (χ1) is 7.18. The molecule has 0 atom stereocenters. The third kappa shape index (κ3) is 1.83. The Morgan fingerprint density at radius 2 is 2.20 bits per heavy atom. The molecule has 0 saturated heterocycles. The number of carboxylic acids is 1. The summed E-state index contributed by atoms with van der Waals surface area (Å²) >= 11 is 0. The molecular weight excluding hydrogens is 192 g/mol. The molecule has 1 aliphatic heterocycles. The van der Waals surface area contributed by atoms with Crippen molar-refractivity contribution in [3.8, 4) is 0 Å². The Morgan fingerprint density at radius 1 is 1.47 bits per heavy atom. The molecule has 0 fully saturated rings. The van der Waals surface area contributed by atoms with Gasteiger partial charge < -0.3 is 5.11 Å². The van der Waals surface area contributed by atoms with Crippen LogP contribution < -0.4 is 5.01 Å². The molecule has 1 aromatic rings. The predicted octanol–water partition coefficient (Wildman–Crippen LogP) is 1.51. The van der Waals surface area contributed by atoms with Gasteiger partial charge in [0.15, 0.2) is 0 Å². The molecule has 0 aliphatic carbocycles. The van der Waals surface area contributed by atoms with Crippen molar-refractivity contribution in [2.75, 3.05) is 11.6 Å². The molecule has 1 N–H and O–H groups in total. The first-order valence-electron chi connectivity index (χ1n) is 4.82. The standard InChI is InChI=1S/C11H12N2O2/c1-8(11(14)15)12-13-7-6-9-4-2-3-5-10(9)13/h2-5H,6-7H2,1H3,(H,14,15). The fourth-order valence-electron chi connectivity index (χ4n) is 1.65. The van der Waals surface area contributed by atoms with Gasteiger partial charge in [-0.15, -0.1) is 0 Å². The molecule has 0 aromatic heterocycles. The molecule has 1 aliphatic rings. The summed E-state index contributed by atoms with van der Waals surface area (Å²) in [6, 6.07) is 7.92. The van der Waals surface area contributed by atoms with Gasteiger partial charge in [-0.2, -0.15) is 5.10 Å². The number of fused-ring (bicyclic) bond motifs is 1. The number of carbonyl (C=O) groups is 1. The molecule has 0 radical (unpaired) electrons. The number of hydrazone groups is 1. The van der Waals surface area contributed by atoms with Crippen molar-refractivity contribution in [2.24, 2.45) is 5.10 Å². The molecule has 0 bridgehead atoms. The molecular formula is C11H12N2O2. The van der Waals surface area contributed by atoms with Crippen molar-refractivity contribution < 1.29 is 9.90 Å². The number of nitrogens with zero attached hydrogens (tertiary/aromatic N) is 2. The second-order valence-corrected chi connectivity index (χ2v) is 3.49. The molecule has 78 valence electrons. The van der Waals surface area contributed by atoms with Crippen molar-refractivity contribution in [2.45, 2.75) is 13.3 Å². The molecule has 1 aromatic carbocycles. The van der Waals surface area contributed by atoms with E-state index in [-0.39, 0.29) is 5.71 Å². The van der Waals surface area contributed by atoms with Crippen molar-refractivity contribution in [1.29, 1.82) is 0 Å². The van der Waals surface area contributed by atoms with Crippen molar-refractivity contribution in [3.05, 3.63) is 29.8 Å². The van der Waals surface area contributed by atoms with Crippen LogP contribution in [-0.4, -0.2) is 23.3 Å². The van der Waals surface area contributed by atoms with Gasteiger partial charge in [0.1, 0.15) is 5.71 Å². The second-order valence-electron chi connectivity index (χ2n) is 3.49. The zero-order valence-corrected chi connectivity index (χ0v) is 8.47. The molecule has 4 heteroatoms. The van der Waals surface area contributed by atoms with Crippen LogP contribution in [0.1, 0.15) is 12.5 Å². The summed E-state index contributed by atoms with van der Waals surface area (Å²) in [7, 11) is 0. The van der Waals surface area contributed by atoms with Crippen LogP contribution in [0.4, 0.5) is 5.69 Å². The Balaban J connectivity index is 2.28. The van der Waals surface area contributed by atoms with Crippen LogP contribution in [0.2, 0.25) is 0 Å². The number of benzene rings is 1. The van der Waals surface area contributed by atoms with E-state index in [0.29, 0.717) is 0 Å². The van der Waals surface area contributed by atoms with Gasteiger partial charge in [0, 0.05) is 6.54 Å². The van der Waals surface area contributed by atoms with E-state index < -0.39 is 5.97 Å². The topological polar surface area (TPSA) is 52.9 Å². The zero-order chi connectivity index (χ0) is 10.8. The number of para-hydroxylation sites is 1. The molecule has 0 unspecified atom stereocenters. The predicted molar refractivity (Wildman–Crippen MR) is 58.2 cm³/mol. The Labute approximate surface area is 87.8 Å². The summed E-state index contributed by atoms with van der Waals surface area (Å²) in [5.74, 6) is -0.973. The van der Waals surface area contributed by atoms with Gasteiger partial charge in [-0.1, -0.05) is 18.2 Å². The average molecular weight is 204 g/mol. The fourth-order valence-corrected chi connectivity index (χ4v) is 1.65. The van der Waals surface area contributed by atoms with E-state index in [2.05, 4.69) is 5.10 Å². The maximum absolute atomic E-state index is 10.6. The largest absolute Gasteiger partial charge is 0.477 e. The van der Waals surface area contributed by atoms with Crippen LogP contribution in [0.15, 0.2) is 29.4 Å². The Morgan fingerprint density at radius 3 is 2.93 bits per heavy atom. The van der Waals surface area contributed by atoms with E-state index in [0.717, 1.165) is 18.7 Å². The highest BCUT2D eigenvalue weighted by molar-refractivity contribution is 6.34. The van der Waals surface area contributed by atoms with Gasteiger partial charge in [-0.25, -0.2) is 4.79 Å². The zero-order valence-electron chi connectivity index (χ0n) is 8.47. The van der Waals surface area contributed by atoms with Gasteiger partial charge in [-0.3, -0.25) is 5.01 Å². The number of aliphatic carboxylic acids is 1. The van der Waals surface area contributed by atoms with Crippen molar-refractivity contribution >= 4 is 17.4 Å². The number of rotatable bonds is 2. The maximum Gasteiger partial charge on any atom is 0.351 e. The number of anilines is 1. The molecule has 0 spiro atoms. The minimum Gasteiger partial charge on any atom is -0.477 e. The third-order valence-electron chi connectivity index (χ3n) is 2.44. The van der Waals surface area contributed by atoms with Gasteiger partial charge in [0.25, 0.3) is 0 Å². The van der Waals surface area contributed by atoms with E-state index >= 15 is 0 Å². The lowest BCUT2D eigenvalue weighted by atomic mass is 10.2. The number of carboxylic acid groups (broad SMARTS) is 1. The Kier molecular flexibility index (Phi) is 2.41. The monoisotopic (exact) mass is 204 g/mol. The van der Waals surface area contributed by atoms with Gasteiger partial charge >= 0.3 is 5.97 Å². The SMILES string of the molecule is CC(=NN1CCc2ccccc21)C(=O)O. The van der Waals surface area contributed by atoms with Crippen molar-refractivity contribution in [3.63, 3.8) is 0 Å². The summed E-state index contributed by atoms with van der Waals surface area (Å²) in [6.07, 6.45) is 0.923.